The van der Waals surface area contributed by atoms with Crippen LogP contribution in [0, 0.1) is 5.92 Å². The van der Waals surface area contributed by atoms with Crippen LogP contribution in [0.2, 0.25) is 0 Å². The molecule has 0 radical (unpaired) electrons. The van der Waals surface area contributed by atoms with Crippen LogP contribution in [0.4, 0.5) is 0 Å². The monoisotopic (exact) mass is 278 g/mol. The van der Waals surface area contributed by atoms with Crippen molar-refractivity contribution < 1.29 is 13.5 Å². The Bertz CT molecular complexity index is 311. The number of hydrogen-bond acceptors (Lipinski definition) is 3. The molecule has 0 aromatic heterocycles. The highest BCUT2D eigenvalue weighted by Gasteiger charge is 2.21. The minimum absolute atomic E-state index is 0.166. The summed E-state index contributed by atoms with van der Waals surface area (Å²) in [5.74, 6) is 0.243. The Morgan fingerprint density at radius 2 is 1.83 bits per heavy atom. The fourth-order valence-corrected chi connectivity index (χ4v) is 3.44. The molecule has 0 aromatic rings. The molecule has 2 N–H and O–H groups in total. The molecule has 0 bridgehead atoms. The maximum Gasteiger partial charge on any atom is 0.279 e. The van der Waals surface area contributed by atoms with E-state index < -0.39 is 10.2 Å². The number of nitrogens with one attached hydrogen (secondary N) is 1. The normalized spacial score (nSPS) is 20.6. The Hall–Kier alpha value is -0.170. The highest BCUT2D eigenvalue weighted by Crippen LogP contribution is 2.12. The number of nitrogens with zero attached hydrogens (tertiary/aromatic N) is 1. The molecule has 0 spiro atoms. The van der Waals surface area contributed by atoms with Crippen LogP contribution < -0.4 is 4.72 Å². The summed E-state index contributed by atoms with van der Waals surface area (Å²) in [6, 6.07) is 0. The summed E-state index contributed by atoms with van der Waals surface area (Å²) in [4.78, 5) is 0. The summed E-state index contributed by atoms with van der Waals surface area (Å²) in [5, 5.41) is 8.88. The van der Waals surface area contributed by atoms with Gasteiger partial charge in [-0.1, -0.05) is 19.8 Å². The predicted octanol–water partition coefficient (Wildman–Crippen LogP) is 1.11. The van der Waals surface area contributed by atoms with Crippen molar-refractivity contribution in [2.24, 2.45) is 5.92 Å². The van der Waals surface area contributed by atoms with E-state index >= 15 is 0 Å². The molecule has 1 rings (SSSR count). The van der Waals surface area contributed by atoms with Gasteiger partial charge in [0.05, 0.1) is 0 Å². The SMILES string of the molecule is C[C@H](CO)CCCNS(=O)(=O)N1CCCCCC1. The van der Waals surface area contributed by atoms with E-state index in [1.54, 1.807) is 4.31 Å². The van der Waals surface area contributed by atoms with Gasteiger partial charge in [0.2, 0.25) is 0 Å². The molecule has 18 heavy (non-hydrogen) atoms. The molecule has 1 aliphatic heterocycles. The molecule has 1 heterocycles. The van der Waals surface area contributed by atoms with Gasteiger partial charge < -0.3 is 5.11 Å². The van der Waals surface area contributed by atoms with E-state index in [0.717, 1.165) is 38.5 Å². The summed E-state index contributed by atoms with van der Waals surface area (Å²) >= 11 is 0. The average Bonchev–Trinajstić information content (AvgIpc) is 2.63. The van der Waals surface area contributed by atoms with Gasteiger partial charge in [0.15, 0.2) is 0 Å². The lowest BCUT2D eigenvalue weighted by molar-refractivity contribution is 0.228. The van der Waals surface area contributed by atoms with E-state index in [1.807, 2.05) is 6.92 Å². The van der Waals surface area contributed by atoms with Crippen molar-refractivity contribution in [3.63, 3.8) is 0 Å². The predicted molar refractivity (Wildman–Crippen MR) is 72.4 cm³/mol. The van der Waals surface area contributed by atoms with Gasteiger partial charge in [-0.15, -0.1) is 0 Å². The van der Waals surface area contributed by atoms with Crippen LogP contribution in [0.1, 0.15) is 45.4 Å². The number of aliphatic hydroxyl groups is 1. The lowest BCUT2D eigenvalue weighted by Gasteiger charge is -2.20. The minimum atomic E-state index is -3.29. The highest BCUT2D eigenvalue weighted by molar-refractivity contribution is 7.87. The molecule has 1 saturated heterocycles. The van der Waals surface area contributed by atoms with Gasteiger partial charge in [-0.2, -0.15) is 12.7 Å². The summed E-state index contributed by atoms with van der Waals surface area (Å²) in [7, 11) is -3.29. The molecular weight excluding hydrogens is 252 g/mol. The van der Waals surface area contributed by atoms with E-state index in [0.29, 0.717) is 19.6 Å². The summed E-state index contributed by atoms with van der Waals surface area (Å²) in [5.41, 5.74) is 0. The van der Waals surface area contributed by atoms with Gasteiger partial charge in [-0.25, -0.2) is 4.72 Å². The molecule has 0 aromatic carbocycles. The van der Waals surface area contributed by atoms with E-state index in [9.17, 15) is 8.42 Å². The number of hydrogen-bond donors (Lipinski definition) is 2. The lowest BCUT2D eigenvalue weighted by atomic mass is 10.1. The zero-order valence-electron chi connectivity index (χ0n) is 11.3. The highest BCUT2D eigenvalue weighted by atomic mass is 32.2. The van der Waals surface area contributed by atoms with Crippen LogP contribution in [0.3, 0.4) is 0 Å². The summed E-state index contributed by atoms with van der Waals surface area (Å²) in [6.07, 6.45) is 5.79. The number of aliphatic hydroxyl groups excluding tert-OH is 1. The Morgan fingerprint density at radius 3 is 2.39 bits per heavy atom. The number of rotatable bonds is 7. The van der Waals surface area contributed by atoms with Crippen LogP contribution in [-0.4, -0.2) is 44.1 Å². The van der Waals surface area contributed by atoms with Crippen LogP contribution >= 0.6 is 0 Å². The van der Waals surface area contributed by atoms with Crippen molar-refractivity contribution in [3.8, 4) is 0 Å². The fourth-order valence-electron chi connectivity index (χ4n) is 2.12. The molecule has 0 amide bonds. The summed E-state index contributed by atoms with van der Waals surface area (Å²) in [6.45, 7) is 3.87. The standard InChI is InChI=1S/C12H26N2O3S/c1-12(11-15)7-6-8-13-18(16,17)14-9-4-2-3-5-10-14/h12-13,15H,2-11H2,1H3/t12-/m0/s1. The first-order valence-electron chi connectivity index (χ1n) is 6.92. The first-order valence-corrected chi connectivity index (χ1v) is 8.36. The van der Waals surface area contributed by atoms with Crippen molar-refractivity contribution in [3.05, 3.63) is 0 Å². The quantitative estimate of drug-likeness (QED) is 0.685. The van der Waals surface area contributed by atoms with Crippen molar-refractivity contribution in [1.82, 2.24) is 9.03 Å². The second-order valence-corrected chi connectivity index (χ2v) is 6.90. The zero-order chi connectivity index (χ0) is 13.4. The topological polar surface area (TPSA) is 69.6 Å². The third kappa shape index (κ3) is 5.65. The Kier molecular flexibility index (Phi) is 7.14. The van der Waals surface area contributed by atoms with Gasteiger partial charge in [0.25, 0.3) is 10.2 Å². The fraction of sp³-hybridized carbons (Fsp3) is 1.00. The Labute approximate surface area is 111 Å². The third-order valence-corrected chi connectivity index (χ3v) is 4.99. The van der Waals surface area contributed by atoms with Gasteiger partial charge >= 0.3 is 0 Å². The maximum atomic E-state index is 12.0. The molecular formula is C12H26N2O3S. The van der Waals surface area contributed by atoms with E-state index in [4.69, 9.17) is 5.11 Å². The van der Waals surface area contributed by atoms with Crippen LogP contribution in [0.15, 0.2) is 0 Å². The second kappa shape index (κ2) is 8.09. The van der Waals surface area contributed by atoms with Crippen LogP contribution in [0.5, 0.6) is 0 Å². The molecule has 1 aliphatic rings. The second-order valence-electron chi connectivity index (χ2n) is 5.14. The molecule has 6 heteroatoms. The Morgan fingerprint density at radius 1 is 1.22 bits per heavy atom. The van der Waals surface area contributed by atoms with Crippen molar-refractivity contribution >= 4 is 10.2 Å². The van der Waals surface area contributed by atoms with E-state index in [1.165, 1.54) is 0 Å². The van der Waals surface area contributed by atoms with Crippen molar-refractivity contribution in [2.45, 2.75) is 45.4 Å². The smallest absolute Gasteiger partial charge is 0.279 e. The van der Waals surface area contributed by atoms with Crippen molar-refractivity contribution in [1.29, 1.82) is 0 Å². The molecule has 0 unspecified atom stereocenters. The molecule has 0 aliphatic carbocycles. The first-order chi connectivity index (χ1) is 8.56. The molecule has 5 nitrogen and oxygen atoms in total. The first kappa shape index (κ1) is 15.9. The van der Waals surface area contributed by atoms with E-state index in [2.05, 4.69) is 4.72 Å². The van der Waals surface area contributed by atoms with Crippen LogP contribution in [0.25, 0.3) is 0 Å². The molecule has 0 saturated carbocycles. The molecule has 1 atom stereocenters. The van der Waals surface area contributed by atoms with Crippen molar-refractivity contribution in [2.75, 3.05) is 26.2 Å². The van der Waals surface area contributed by atoms with Crippen LogP contribution in [-0.2, 0) is 10.2 Å². The average molecular weight is 278 g/mol. The van der Waals surface area contributed by atoms with Gasteiger partial charge in [0, 0.05) is 26.2 Å². The largest absolute Gasteiger partial charge is 0.396 e. The van der Waals surface area contributed by atoms with Gasteiger partial charge in [-0.3, -0.25) is 0 Å². The molecule has 108 valence electrons. The molecule has 1 fully saturated rings. The minimum Gasteiger partial charge on any atom is -0.396 e. The van der Waals surface area contributed by atoms with E-state index in [-0.39, 0.29) is 12.5 Å². The lowest BCUT2D eigenvalue weighted by Crippen LogP contribution is -2.41. The third-order valence-electron chi connectivity index (χ3n) is 3.37. The summed E-state index contributed by atoms with van der Waals surface area (Å²) < 4.78 is 28.3. The maximum absolute atomic E-state index is 12.0. The van der Waals surface area contributed by atoms with Gasteiger partial charge in [0.1, 0.15) is 0 Å². The Balaban J connectivity index is 2.30. The van der Waals surface area contributed by atoms with Gasteiger partial charge in [-0.05, 0) is 31.6 Å². The zero-order valence-corrected chi connectivity index (χ0v) is 12.1.